The molecule has 2 aromatic rings. The van der Waals surface area contributed by atoms with Crippen LogP contribution in [0.15, 0.2) is 41.8 Å². The maximum Gasteiger partial charge on any atom is 0.335 e. The summed E-state index contributed by atoms with van der Waals surface area (Å²) in [6, 6.07) is 10.0. The van der Waals surface area contributed by atoms with E-state index in [1.165, 1.54) is 29.1 Å². The van der Waals surface area contributed by atoms with Gasteiger partial charge >= 0.3 is 5.97 Å². The van der Waals surface area contributed by atoms with Gasteiger partial charge in [0.15, 0.2) is 0 Å². The fourth-order valence-electron chi connectivity index (χ4n) is 1.98. The van der Waals surface area contributed by atoms with Crippen LogP contribution in [0.1, 0.15) is 32.5 Å². The highest BCUT2D eigenvalue weighted by atomic mass is 32.1. The third-order valence-electron chi connectivity index (χ3n) is 3.13. The molecule has 1 heterocycles. The van der Waals surface area contributed by atoms with Gasteiger partial charge < -0.3 is 10.4 Å². The SMILES string of the molecule is CC(CNC(=O)c1ccc(C(=O)O)cc1)Cc1cccs1. The molecule has 4 nitrogen and oxygen atoms in total. The second-order valence-electron chi connectivity index (χ2n) is 4.98. The third kappa shape index (κ3) is 4.43. The van der Waals surface area contributed by atoms with E-state index in [9.17, 15) is 9.59 Å². The molecule has 5 heteroatoms. The van der Waals surface area contributed by atoms with Crippen LogP contribution in [0.25, 0.3) is 0 Å². The predicted molar refractivity (Wildman–Crippen MR) is 82.9 cm³/mol. The van der Waals surface area contributed by atoms with E-state index in [4.69, 9.17) is 5.11 Å². The first-order chi connectivity index (χ1) is 10.1. The average molecular weight is 303 g/mol. The molecule has 0 saturated carbocycles. The molecule has 1 aromatic carbocycles. The van der Waals surface area contributed by atoms with E-state index in [2.05, 4.69) is 18.3 Å². The van der Waals surface area contributed by atoms with Gasteiger partial charge in [0.2, 0.25) is 0 Å². The van der Waals surface area contributed by atoms with Crippen LogP contribution in [0.3, 0.4) is 0 Å². The van der Waals surface area contributed by atoms with Gasteiger partial charge in [0.05, 0.1) is 5.56 Å². The molecule has 0 saturated heterocycles. The molecule has 21 heavy (non-hydrogen) atoms. The summed E-state index contributed by atoms with van der Waals surface area (Å²) in [5, 5.41) is 13.7. The molecule has 1 unspecified atom stereocenters. The molecule has 0 radical (unpaired) electrons. The third-order valence-corrected chi connectivity index (χ3v) is 4.03. The summed E-state index contributed by atoms with van der Waals surface area (Å²) in [4.78, 5) is 24.0. The van der Waals surface area contributed by atoms with E-state index in [1.54, 1.807) is 11.3 Å². The Hall–Kier alpha value is -2.14. The number of carboxylic acids is 1. The van der Waals surface area contributed by atoms with Crippen molar-refractivity contribution in [2.45, 2.75) is 13.3 Å². The van der Waals surface area contributed by atoms with Crippen molar-refractivity contribution in [3.05, 3.63) is 57.8 Å². The predicted octanol–water partition coefficient (Wildman–Crippen LogP) is 3.05. The zero-order valence-electron chi connectivity index (χ0n) is 11.7. The zero-order valence-corrected chi connectivity index (χ0v) is 12.5. The summed E-state index contributed by atoms with van der Waals surface area (Å²) < 4.78 is 0. The molecule has 0 aliphatic carbocycles. The van der Waals surface area contributed by atoms with Crippen molar-refractivity contribution >= 4 is 23.2 Å². The number of carboxylic acid groups (broad SMARTS) is 1. The van der Waals surface area contributed by atoms with Gasteiger partial charge in [-0.25, -0.2) is 4.79 Å². The number of benzene rings is 1. The second-order valence-corrected chi connectivity index (χ2v) is 6.01. The summed E-state index contributed by atoms with van der Waals surface area (Å²) in [6.45, 7) is 2.69. The highest BCUT2D eigenvalue weighted by Gasteiger charge is 2.10. The van der Waals surface area contributed by atoms with Gasteiger partial charge in [0.25, 0.3) is 5.91 Å². The second kappa shape index (κ2) is 7.04. The summed E-state index contributed by atoms with van der Waals surface area (Å²) in [5.41, 5.74) is 0.654. The maximum absolute atomic E-state index is 12.0. The number of carbonyl (C=O) groups excluding carboxylic acids is 1. The Kier molecular flexibility index (Phi) is 5.11. The number of thiophene rings is 1. The van der Waals surface area contributed by atoms with Crippen molar-refractivity contribution in [2.24, 2.45) is 5.92 Å². The molecule has 0 aliphatic heterocycles. The largest absolute Gasteiger partial charge is 0.478 e. The van der Waals surface area contributed by atoms with E-state index in [-0.39, 0.29) is 11.5 Å². The lowest BCUT2D eigenvalue weighted by molar-refractivity contribution is 0.0696. The van der Waals surface area contributed by atoms with Crippen LogP contribution in [-0.2, 0) is 6.42 Å². The number of amides is 1. The Morgan fingerprint density at radius 3 is 2.43 bits per heavy atom. The molecular formula is C16H17NO3S. The molecular weight excluding hydrogens is 286 g/mol. The minimum atomic E-state index is -0.994. The highest BCUT2D eigenvalue weighted by Crippen LogP contribution is 2.14. The lowest BCUT2D eigenvalue weighted by atomic mass is 10.1. The van der Waals surface area contributed by atoms with Crippen LogP contribution in [0.4, 0.5) is 0 Å². The van der Waals surface area contributed by atoms with Gasteiger partial charge in [-0.1, -0.05) is 13.0 Å². The molecule has 0 fully saturated rings. The average Bonchev–Trinajstić information content (AvgIpc) is 2.97. The smallest absolute Gasteiger partial charge is 0.335 e. The van der Waals surface area contributed by atoms with Crippen LogP contribution in [0, 0.1) is 5.92 Å². The zero-order chi connectivity index (χ0) is 15.2. The molecule has 2 rings (SSSR count). The van der Waals surface area contributed by atoms with Crippen molar-refractivity contribution in [2.75, 3.05) is 6.54 Å². The normalized spacial score (nSPS) is 11.9. The molecule has 0 spiro atoms. The lowest BCUT2D eigenvalue weighted by Crippen LogP contribution is -2.29. The fraction of sp³-hybridized carbons (Fsp3) is 0.250. The number of aromatic carboxylic acids is 1. The van der Waals surface area contributed by atoms with Crippen LogP contribution >= 0.6 is 11.3 Å². The van der Waals surface area contributed by atoms with Crippen molar-refractivity contribution in [3.63, 3.8) is 0 Å². The van der Waals surface area contributed by atoms with Gasteiger partial charge in [-0.2, -0.15) is 0 Å². The first kappa shape index (κ1) is 15.3. The first-order valence-corrected chi connectivity index (χ1v) is 7.58. The number of carbonyl (C=O) groups is 2. The molecule has 1 atom stereocenters. The standard InChI is InChI=1S/C16H17NO3S/c1-11(9-14-3-2-8-21-14)10-17-15(18)12-4-6-13(7-5-12)16(19)20/h2-8,11H,9-10H2,1H3,(H,17,18)(H,19,20). The Morgan fingerprint density at radius 1 is 1.19 bits per heavy atom. The highest BCUT2D eigenvalue weighted by molar-refractivity contribution is 7.09. The van der Waals surface area contributed by atoms with Gasteiger partial charge in [-0.3, -0.25) is 4.79 Å². The van der Waals surface area contributed by atoms with E-state index >= 15 is 0 Å². The first-order valence-electron chi connectivity index (χ1n) is 6.70. The fourth-order valence-corrected chi connectivity index (χ4v) is 2.85. The topological polar surface area (TPSA) is 66.4 Å². The van der Waals surface area contributed by atoms with E-state index in [0.717, 1.165) is 6.42 Å². The lowest BCUT2D eigenvalue weighted by Gasteiger charge is -2.11. The van der Waals surface area contributed by atoms with Gasteiger partial charge in [-0.05, 0) is 48.1 Å². The van der Waals surface area contributed by atoms with Crippen LogP contribution < -0.4 is 5.32 Å². The summed E-state index contributed by atoms with van der Waals surface area (Å²) in [5.74, 6) is -0.817. The number of hydrogen-bond donors (Lipinski definition) is 2. The minimum Gasteiger partial charge on any atom is -0.478 e. The molecule has 2 N–H and O–H groups in total. The Labute approximate surface area is 127 Å². The van der Waals surface area contributed by atoms with Crippen LogP contribution in [0.5, 0.6) is 0 Å². The van der Waals surface area contributed by atoms with Crippen molar-refractivity contribution in [1.29, 1.82) is 0 Å². The molecule has 1 amide bonds. The minimum absolute atomic E-state index is 0.176. The van der Waals surface area contributed by atoms with Gasteiger partial charge in [-0.15, -0.1) is 11.3 Å². The van der Waals surface area contributed by atoms with Crippen molar-refractivity contribution in [3.8, 4) is 0 Å². The monoisotopic (exact) mass is 303 g/mol. The number of nitrogens with one attached hydrogen (secondary N) is 1. The maximum atomic E-state index is 12.0. The Morgan fingerprint density at radius 2 is 1.86 bits per heavy atom. The molecule has 110 valence electrons. The van der Waals surface area contributed by atoms with E-state index in [1.807, 2.05) is 11.4 Å². The Balaban J connectivity index is 1.85. The van der Waals surface area contributed by atoms with E-state index < -0.39 is 5.97 Å². The molecule has 0 bridgehead atoms. The quantitative estimate of drug-likeness (QED) is 0.862. The molecule has 1 aromatic heterocycles. The van der Waals surface area contributed by atoms with Crippen LogP contribution in [0.2, 0.25) is 0 Å². The van der Waals surface area contributed by atoms with Crippen LogP contribution in [-0.4, -0.2) is 23.5 Å². The van der Waals surface area contributed by atoms with Gasteiger partial charge in [0.1, 0.15) is 0 Å². The van der Waals surface area contributed by atoms with E-state index in [0.29, 0.717) is 18.0 Å². The summed E-state index contributed by atoms with van der Waals surface area (Å²) in [7, 11) is 0. The summed E-state index contributed by atoms with van der Waals surface area (Å²) in [6.07, 6.45) is 0.940. The van der Waals surface area contributed by atoms with Gasteiger partial charge in [0, 0.05) is 17.0 Å². The van der Waals surface area contributed by atoms with Crippen molar-refractivity contribution in [1.82, 2.24) is 5.32 Å². The summed E-state index contributed by atoms with van der Waals surface area (Å²) >= 11 is 1.72. The number of hydrogen-bond acceptors (Lipinski definition) is 3. The Bertz CT molecular complexity index is 605. The number of rotatable bonds is 6. The van der Waals surface area contributed by atoms with Crippen molar-refractivity contribution < 1.29 is 14.7 Å². The molecule has 0 aliphatic rings.